The van der Waals surface area contributed by atoms with E-state index in [1.807, 2.05) is 0 Å². The molecule has 2 N–H and O–H groups in total. The van der Waals surface area contributed by atoms with Gasteiger partial charge in [-0.1, -0.05) is 0 Å². The highest BCUT2D eigenvalue weighted by Gasteiger charge is 2.36. The Morgan fingerprint density at radius 3 is 2.12 bits per heavy atom. The van der Waals surface area contributed by atoms with Crippen LogP contribution in [0, 0.1) is 5.82 Å². The maximum Gasteiger partial charge on any atom is 0.419 e. The van der Waals surface area contributed by atoms with E-state index < -0.39 is 38.4 Å². The Morgan fingerprint density at radius 2 is 1.64 bits per heavy atom. The second kappa shape index (κ2) is 6.36. The molecule has 0 bridgehead atoms. The van der Waals surface area contributed by atoms with Crippen molar-refractivity contribution in [2.75, 3.05) is 11.4 Å². The monoisotopic (exact) mass is 376 g/mol. The molecule has 5 nitrogen and oxygen atoms in total. The molecule has 0 aliphatic carbocycles. The van der Waals surface area contributed by atoms with Crippen LogP contribution in [0.2, 0.25) is 0 Å². The first kappa shape index (κ1) is 18.7. The van der Waals surface area contributed by atoms with Gasteiger partial charge in [0.2, 0.25) is 5.91 Å². The first-order valence-corrected chi connectivity index (χ1v) is 8.14. The van der Waals surface area contributed by atoms with E-state index in [2.05, 4.69) is 0 Å². The first-order valence-electron chi connectivity index (χ1n) is 6.70. The standard InChI is InChI=1S/C15H12F4N2O3S/c1-21(10-4-2-9(3-5-10)14(20)22)25(23,24)11-6-7-13(16)12(8-11)15(17,18)19/h2-8H,1H3,(H2,20,22). The molecule has 2 aromatic carbocycles. The predicted octanol–water partition coefficient (Wildman–Crippen LogP) is 2.77. The SMILES string of the molecule is CN(c1ccc(C(N)=O)cc1)S(=O)(=O)c1ccc(F)c(C(F)(F)F)c1. The zero-order valence-electron chi connectivity index (χ0n) is 12.7. The number of rotatable bonds is 4. The molecule has 0 saturated heterocycles. The Kier molecular flexibility index (Phi) is 4.76. The number of nitrogens with zero attached hydrogens (tertiary/aromatic N) is 1. The van der Waals surface area contributed by atoms with E-state index >= 15 is 0 Å². The molecule has 0 unspecified atom stereocenters. The minimum Gasteiger partial charge on any atom is -0.366 e. The maximum absolute atomic E-state index is 13.3. The molecule has 0 radical (unpaired) electrons. The van der Waals surface area contributed by atoms with Crippen molar-refractivity contribution in [1.82, 2.24) is 0 Å². The number of hydrogen-bond donors (Lipinski definition) is 1. The number of sulfonamides is 1. The van der Waals surface area contributed by atoms with Gasteiger partial charge < -0.3 is 5.73 Å². The Morgan fingerprint density at radius 1 is 1.08 bits per heavy atom. The molecule has 0 saturated carbocycles. The number of alkyl halides is 3. The fraction of sp³-hybridized carbons (Fsp3) is 0.133. The molecule has 2 rings (SSSR count). The van der Waals surface area contributed by atoms with Crippen LogP contribution in [0.4, 0.5) is 23.2 Å². The summed E-state index contributed by atoms with van der Waals surface area (Å²) in [6, 6.07) is 6.51. The van der Waals surface area contributed by atoms with E-state index in [0.717, 1.165) is 13.1 Å². The second-order valence-electron chi connectivity index (χ2n) is 5.02. The Balaban J connectivity index is 2.46. The number of carbonyl (C=O) groups is 1. The van der Waals surface area contributed by atoms with Crippen molar-refractivity contribution in [1.29, 1.82) is 0 Å². The quantitative estimate of drug-likeness (QED) is 0.834. The van der Waals surface area contributed by atoms with Crippen molar-refractivity contribution in [3.63, 3.8) is 0 Å². The van der Waals surface area contributed by atoms with Gasteiger partial charge in [0.15, 0.2) is 0 Å². The molecule has 0 heterocycles. The van der Waals surface area contributed by atoms with Crippen LogP contribution in [0.25, 0.3) is 0 Å². The molecular weight excluding hydrogens is 364 g/mol. The van der Waals surface area contributed by atoms with Crippen molar-refractivity contribution in [3.8, 4) is 0 Å². The summed E-state index contributed by atoms with van der Waals surface area (Å²) < 4.78 is 77.3. The average Bonchev–Trinajstić information content (AvgIpc) is 2.53. The topological polar surface area (TPSA) is 80.5 Å². The molecular formula is C15H12F4N2O3S. The lowest BCUT2D eigenvalue weighted by Gasteiger charge is -2.20. The molecule has 0 fully saturated rings. The van der Waals surface area contributed by atoms with Crippen LogP contribution in [0.5, 0.6) is 0 Å². The summed E-state index contributed by atoms with van der Waals surface area (Å²) in [4.78, 5) is 10.3. The number of benzene rings is 2. The largest absolute Gasteiger partial charge is 0.419 e. The second-order valence-corrected chi connectivity index (χ2v) is 6.99. The third-order valence-corrected chi connectivity index (χ3v) is 5.20. The highest BCUT2D eigenvalue weighted by atomic mass is 32.2. The van der Waals surface area contributed by atoms with Crippen LogP contribution >= 0.6 is 0 Å². The molecule has 0 atom stereocenters. The summed E-state index contributed by atoms with van der Waals surface area (Å²) >= 11 is 0. The Labute approximate surface area is 140 Å². The van der Waals surface area contributed by atoms with Crippen LogP contribution in [0.15, 0.2) is 47.4 Å². The van der Waals surface area contributed by atoms with E-state index in [4.69, 9.17) is 5.73 Å². The zero-order valence-corrected chi connectivity index (χ0v) is 13.5. The highest BCUT2D eigenvalue weighted by Crippen LogP contribution is 2.33. The van der Waals surface area contributed by atoms with E-state index in [0.29, 0.717) is 10.4 Å². The van der Waals surface area contributed by atoms with E-state index in [9.17, 15) is 30.8 Å². The maximum atomic E-state index is 13.3. The van der Waals surface area contributed by atoms with Gasteiger partial charge in [-0.05, 0) is 42.5 Å². The minimum absolute atomic E-state index is 0.0860. The number of amides is 1. The molecule has 0 aliphatic rings. The smallest absolute Gasteiger partial charge is 0.366 e. The highest BCUT2D eigenvalue weighted by molar-refractivity contribution is 7.92. The fourth-order valence-electron chi connectivity index (χ4n) is 2.01. The lowest BCUT2D eigenvalue weighted by Crippen LogP contribution is -2.27. The molecule has 134 valence electrons. The van der Waals surface area contributed by atoms with Gasteiger partial charge in [-0.2, -0.15) is 13.2 Å². The number of carbonyl (C=O) groups excluding carboxylic acids is 1. The number of hydrogen-bond acceptors (Lipinski definition) is 3. The van der Waals surface area contributed by atoms with Crippen molar-refractivity contribution >= 4 is 21.6 Å². The number of anilines is 1. The van der Waals surface area contributed by atoms with Crippen LogP contribution in [-0.4, -0.2) is 21.4 Å². The van der Waals surface area contributed by atoms with Crippen LogP contribution in [0.1, 0.15) is 15.9 Å². The van der Waals surface area contributed by atoms with Crippen molar-refractivity contribution < 1.29 is 30.8 Å². The van der Waals surface area contributed by atoms with Crippen molar-refractivity contribution in [3.05, 3.63) is 59.4 Å². The fourth-order valence-corrected chi connectivity index (χ4v) is 3.24. The number of halogens is 4. The first-order chi connectivity index (χ1) is 11.4. The van der Waals surface area contributed by atoms with Gasteiger partial charge in [0.05, 0.1) is 16.1 Å². The third kappa shape index (κ3) is 3.73. The van der Waals surface area contributed by atoms with Gasteiger partial charge in [-0.15, -0.1) is 0 Å². The minimum atomic E-state index is -5.03. The van der Waals surface area contributed by atoms with Crippen LogP contribution in [-0.2, 0) is 16.2 Å². The zero-order chi connectivity index (χ0) is 19.0. The van der Waals surface area contributed by atoms with Gasteiger partial charge in [0.1, 0.15) is 5.82 Å². The van der Waals surface area contributed by atoms with E-state index in [1.165, 1.54) is 24.3 Å². The van der Waals surface area contributed by atoms with Crippen LogP contribution < -0.4 is 10.0 Å². The van der Waals surface area contributed by atoms with Gasteiger partial charge in [-0.3, -0.25) is 9.10 Å². The van der Waals surface area contributed by atoms with Gasteiger partial charge >= 0.3 is 6.18 Å². The molecule has 1 amide bonds. The summed E-state index contributed by atoms with van der Waals surface area (Å²) in [5, 5.41) is 0. The Bertz CT molecular complexity index is 909. The average molecular weight is 376 g/mol. The molecule has 0 spiro atoms. The van der Waals surface area contributed by atoms with Crippen molar-refractivity contribution in [2.45, 2.75) is 11.1 Å². The summed E-state index contributed by atoms with van der Waals surface area (Å²) in [5.74, 6) is -2.29. The van der Waals surface area contributed by atoms with E-state index in [-0.39, 0.29) is 17.3 Å². The van der Waals surface area contributed by atoms with Gasteiger partial charge in [-0.25, -0.2) is 12.8 Å². The summed E-state index contributed by atoms with van der Waals surface area (Å²) in [7, 11) is -3.26. The van der Waals surface area contributed by atoms with Crippen LogP contribution in [0.3, 0.4) is 0 Å². The third-order valence-electron chi connectivity index (χ3n) is 3.42. The Hall–Kier alpha value is -2.62. The number of primary amides is 1. The predicted molar refractivity (Wildman–Crippen MR) is 82.0 cm³/mol. The molecule has 0 aliphatic heterocycles. The lowest BCUT2D eigenvalue weighted by atomic mass is 10.2. The summed E-state index contributed by atoms with van der Waals surface area (Å²) in [5.41, 5.74) is 3.62. The molecule has 0 aromatic heterocycles. The van der Waals surface area contributed by atoms with Crippen molar-refractivity contribution in [2.24, 2.45) is 5.73 Å². The van der Waals surface area contributed by atoms with Gasteiger partial charge in [0.25, 0.3) is 10.0 Å². The summed E-state index contributed by atoms with van der Waals surface area (Å²) in [6.07, 6.45) is -5.03. The lowest BCUT2D eigenvalue weighted by molar-refractivity contribution is -0.140. The number of nitrogens with two attached hydrogens (primary N) is 1. The molecule has 25 heavy (non-hydrogen) atoms. The molecule has 10 heteroatoms. The normalized spacial score (nSPS) is 12.0. The summed E-state index contributed by atoms with van der Waals surface area (Å²) in [6.45, 7) is 0. The van der Waals surface area contributed by atoms with E-state index in [1.54, 1.807) is 0 Å². The van der Waals surface area contributed by atoms with Gasteiger partial charge in [0, 0.05) is 12.6 Å². The molecule has 2 aromatic rings.